The van der Waals surface area contributed by atoms with Crippen molar-refractivity contribution < 1.29 is 14.6 Å². The highest BCUT2D eigenvalue weighted by Gasteiger charge is 2.03. The van der Waals surface area contributed by atoms with Crippen molar-refractivity contribution in [3.63, 3.8) is 0 Å². The summed E-state index contributed by atoms with van der Waals surface area (Å²) in [6.07, 6.45) is 0. The lowest BCUT2D eigenvalue weighted by atomic mass is 10.2. The van der Waals surface area contributed by atoms with E-state index in [-0.39, 0.29) is 24.0 Å². The average molecular weight is 232 g/mol. The van der Waals surface area contributed by atoms with E-state index >= 15 is 0 Å². The highest BCUT2D eigenvalue weighted by atomic mass is 35.5. The molecule has 0 aromatic heterocycles. The first-order chi connectivity index (χ1) is 6.59. The van der Waals surface area contributed by atoms with E-state index < -0.39 is 5.97 Å². The van der Waals surface area contributed by atoms with Crippen molar-refractivity contribution in [3.8, 4) is 5.75 Å². The Balaban J connectivity index is 0.00000196. The third-order valence-electron chi connectivity index (χ3n) is 1.59. The standard InChI is InChI=1S/C10H13NO3.ClH/c1-7(11)6-14-9-4-2-3-8(5-9)10(12)13;/h2-5,7H,6,11H2,1H3,(H,12,13);1H. The number of carbonyl (C=O) groups is 1. The maximum Gasteiger partial charge on any atom is 0.335 e. The van der Waals surface area contributed by atoms with Crippen LogP contribution in [0.3, 0.4) is 0 Å². The second kappa shape index (κ2) is 6.27. The van der Waals surface area contributed by atoms with Crippen LogP contribution >= 0.6 is 12.4 Å². The maximum atomic E-state index is 10.6. The van der Waals surface area contributed by atoms with Crippen LogP contribution < -0.4 is 10.5 Å². The van der Waals surface area contributed by atoms with Crippen LogP contribution in [0.15, 0.2) is 24.3 Å². The van der Waals surface area contributed by atoms with Crippen LogP contribution in [-0.4, -0.2) is 23.7 Å². The molecule has 1 aromatic rings. The number of benzene rings is 1. The molecule has 0 aliphatic heterocycles. The largest absolute Gasteiger partial charge is 0.492 e. The van der Waals surface area contributed by atoms with Gasteiger partial charge in [-0.25, -0.2) is 4.79 Å². The van der Waals surface area contributed by atoms with E-state index in [2.05, 4.69) is 0 Å². The Morgan fingerprint density at radius 1 is 1.60 bits per heavy atom. The SMILES string of the molecule is CC(N)COc1cccc(C(=O)O)c1.Cl. The average Bonchev–Trinajstić information content (AvgIpc) is 2.15. The van der Waals surface area contributed by atoms with Crippen LogP contribution in [0.1, 0.15) is 17.3 Å². The second-order valence-electron chi connectivity index (χ2n) is 3.12. The first kappa shape index (κ1) is 13.7. The van der Waals surface area contributed by atoms with Crippen LogP contribution in [0.25, 0.3) is 0 Å². The lowest BCUT2D eigenvalue weighted by Crippen LogP contribution is -2.23. The zero-order valence-electron chi connectivity index (χ0n) is 8.34. The Morgan fingerprint density at radius 2 is 2.27 bits per heavy atom. The van der Waals surface area contributed by atoms with Gasteiger partial charge in [0.2, 0.25) is 0 Å². The zero-order valence-corrected chi connectivity index (χ0v) is 9.16. The van der Waals surface area contributed by atoms with Crippen LogP contribution in [0.4, 0.5) is 0 Å². The van der Waals surface area contributed by atoms with E-state index in [1.165, 1.54) is 12.1 Å². The van der Waals surface area contributed by atoms with Gasteiger partial charge in [0.1, 0.15) is 12.4 Å². The quantitative estimate of drug-likeness (QED) is 0.824. The zero-order chi connectivity index (χ0) is 10.6. The van der Waals surface area contributed by atoms with Gasteiger partial charge in [-0.3, -0.25) is 0 Å². The van der Waals surface area contributed by atoms with E-state index in [9.17, 15) is 4.79 Å². The minimum absolute atomic E-state index is 0. The first-order valence-electron chi connectivity index (χ1n) is 4.31. The molecule has 0 saturated carbocycles. The van der Waals surface area contributed by atoms with Gasteiger partial charge in [0.25, 0.3) is 0 Å². The molecule has 1 aromatic carbocycles. The van der Waals surface area contributed by atoms with Gasteiger partial charge in [-0.2, -0.15) is 0 Å². The topological polar surface area (TPSA) is 72.5 Å². The van der Waals surface area contributed by atoms with Gasteiger partial charge >= 0.3 is 5.97 Å². The number of rotatable bonds is 4. The number of nitrogens with two attached hydrogens (primary N) is 1. The van der Waals surface area contributed by atoms with Crippen LogP contribution in [0.2, 0.25) is 0 Å². The number of hydrogen-bond acceptors (Lipinski definition) is 3. The predicted octanol–water partition coefficient (Wildman–Crippen LogP) is 1.53. The van der Waals surface area contributed by atoms with Crippen LogP contribution in [0.5, 0.6) is 5.75 Å². The molecule has 0 bridgehead atoms. The lowest BCUT2D eigenvalue weighted by Gasteiger charge is -2.08. The number of carboxylic acid groups (broad SMARTS) is 1. The van der Waals surface area contributed by atoms with Crippen molar-refractivity contribution in [2.24, 2.45) is 5.73 Å². The Labute approximate surface area is 94.5 Å². The molecule has 4 nitrogen and oxygen atoms in total. The molecule has 0 saturated heterocycles. The third-order valence-corrected chi connectivity index (χ3v) is 1.59. The van der Waals surface area contributed by atoms with Crippen molar-refractivity contribution in [2.45, 2.75) is 13.0 Å². The third kappa shape index (κ3) is 4.67. The lowest BCUT2D eigenvalue weighted by molar-refractivity contribution is 0.0696. The minimum Gasteiger partial charge on any atom is -0.492 e. The highest BCUT2D eigenvalue weighted by Crippen LogP contribution is 2.13. The number of aromatic carboxylic acids is 1. The van der Waals surface area contributed by atoms with Crippen molar-refractivity contribution in [2.75, 3.05) is 6.61 Å². The Kier molecular flexibility index (Phi) is 5.74. The fourth-order valence-electron chi connectivity index (χ4n) is 0.947. The van der Waals surface area contributed by atoms with Gasteiger partial charge in [-0.15, -0.1) is 12.4 Å². The summed E-state index contributed by atoms with van der Waals surface area (Å²) in [5.74, 6) is -0.432. The summed E-state index contributed by atoms with van der Waals surface area (Å²) in [6, 6.07) is 6.27. The van der Waals surface area contributed by atoms with E-state index in [1.54, 1.807) is 12.1 Å². The van der Waals surface area contributed by atoms with Gasteiger partial charge in [-0.05, 0) is 25.1 Å². The molecule has 15 heavy (non-hydrogen) atoms. The summed E-state index contributed by atoms with van der Waals surface area (Å²) < 4.78 is 5.27. The summed E-state index contributed by atoms with van der Waals surface area (Å²) in [6.45, 7) is 2.20. The Bertz CT molecular complexity index is 328. The van der Waals surface area contributed by atoms with Gasteiger partial charge in [0, 0.05) is 6.04 Å². The molecular weight excluding hydrogens is 218 g/mol. The Morgan fingerprint density at radius 3 is 2.80 bits per heavy atom. The minimum atomic E-state index is -0.962. The van der Waals surface area contributed by atoms with Gasteiger partial charge in [-0.1, -0.05) is 6.07 Å². The van der Waals surface area contributed by atoms with E-state index in [0.717, 1.165) is 0 Å². The molecule has 1 unspecified atom stereocenters. The van der Waals surface area contributed by atoms with Gasteiger partial charge < -0.3 is 15.6 Å². The predicted molar refractivity (Wildman–Crippen MR) is 59.8 cm³/mol. The number of hydrogen-bond donors (Lipinski definition) is 2. The van der Waals surface area contributed by atoms with E-state index in [0.29, 0.717) is 12.4 Å². The normalized spacial score (nSPS) is 11.3. The fraction of sp³-hybridized carbons (Fsp3) is 0.300. The van der Waals surface area contributed by atoms with Crippen molar-refractivity contribution in [3.05, 3.63) is 29.8 Å². The molecule has 0 spiro atoms. The Hall–Kier alpha value is -1.26. The fourth-order valence-corrected chi connectivity index (χ4v) is 0.947. The summed E-state index contributed by atoms with van der Waals surface area (Å²) in [5, 5.41) is 8.71. The summed E-state index contributed by atoms with van der Waals surface area (Å²) in [5.41, 5.74) is 5.71. The smallest absolute Gasteiger partial charge is 0.335 e. The summed E-state index contributed by atoms with van der Waals surface area (Å²) in [4.78, 5) is 10.6. The van der Waals surface area contributed by atoms with Gasteiger partial charge in [0.15, 0.2) is 0 Å². The number of ether oxygens (including phenoxy) is 1. The maximum absolute atomic E-state index is 10.6. The van der Waals surface area contributed by atoms with E-state index in [1.807, 2.05) is 6.92 Å². The van der Waals surface area contributed by atoms with E-state index in [4.69, 9.17) is 15.6 Å². The number of halogens is 1. The van der Waals surface area contributed by atoms with Gasteiger partial charge in [0.05, 0.1) is 5.56 Å². The second-order valence-corrected chi connectivity index (χ2v) is 3.12. The monoisotopic (exact) mass is 231 g/mol. The molecule has 3 N–H and O–H groups in total. The molecular formula is C10H14ClNO3. The molecule has 84 valence electrons. The molecule has 0 radical (unpaired) electrons. The summed E-state index contributed by atoms with van der Waals surface area (Å²) in [7, 11) is 0. The molecule has 0 heterocycles. The molecule has 0 fully saturated rings. The highest BCUT2D eigenvalue weighted by molar-refractivity contribution is 5.88. The molecule has 1 rings (SSSR count). The first-order valence-corrected chi connectivity index (χ1v) is 4.31. The molecule has 5 heteroatoms. The van der Waals surface area contributed by atoms with Crippen LogP contribution in [-0.2, 0) is 0 Å². The van der Waals surface area contributed by atoms with Crippen molar-refractivity contribution in [1.29, 1.82) is 0 Å². The molecule has 0 amide bonds. The van der Waals surface area contributed by atoms with Crippen LogP contribution in [0, 0.1) is 0 Å². The molecule has 1 atom stereocenters. The molecule has 0 aliphatic rings. The number of carboxylic acids is 1. The van der Waals surface area contributed by atoms with Crippen molar-refractivity contribution >= 4 is 18.4 Å². The van der Waals surface area contributed by atoms with Crippen molar-refractivity contribution in [1.82, 2.24) is 0 Å². The summed E-state index contributed by atoms with van der Waals surface area (Å²) >= 11 is 0. The molecule has 0 aliphatic carbocycles.